The zero-order valence-electron chi connectivity index (χ0n) is 7.78. The van der Waals surface area contributed by atoms with Crippen LogP contribution in [-0.2, 0) is 6.42 Å². The molecular formula is C10H11N3. The molecular weight excluding hydrogens is 162 g/mol. The molecule has 0 fully saturated rings. The van der Waals surface area contributed by atoms with Crippen molar-refractivity contribution in [2.45, 2.75) is 20.3 Å². The van der Waals surface area contributed by atoms with E-state index in [1.165, 1.54) is 0 Å². The summed E-state index contributed by atoms with van der Waals surface area (Å²) in [5, 5.41) is 1.04. The Kier molecular flexibility index (Phi) is 1.93. The van der Waals surface area contributed by atoms with Crippen molar-refractivity contribution in [2.75, 3.05) is 0 Å². The molecule has 0 unspecified atom stereocenters. The third-order valence-electron chi connectivity index (χ3n) is 2.02. The van der Waals surface area contributed by atoms with E-state index < -0.39 is 0 Å². The minimum absolute atomic E-state index is 0.798. The van der Waals surface area contributed by atoms with E-state index in [9.17, 15) is 0 Å². The van der Waals surface area contributed by atoms with E-state index in [-0.39, 0.29) is 0 Å². The van der Waals surface area contributed by atoms with E-state index in [4.69, 9.17) is 0 Å². The van der Waals surface area contributed by atoms with Gasteiger partial charge in [0.25, 0.3) is 0 Å². The summed E-state index contributed by atoms with van der Waals surface area (Å²) in [6.07, 6.45) is 2.61. The summed E-state index contributed by atoms with van der Waals surface area (Å²) in [6, 6.07) is 3.90. The van der Waals surface area contributed by atoms with Crippen LogP contribution in [0.15, 0.2) is 18.3 Å². The fourth-order valence-electron chi connectivity index (χ4n) is 1.33. The normalized spacial score (nSPS) is 10.6. The van der Waals surface area contributed by atoms with E-state index in [1.807, 2.05) is 26.0 Å². The van der Waals surface area contributed by atoms with Crippen molar-refractivity contribution in [3.05, 3.63) is 29.8 Å². The van der Waals surface area contributed by atoms with Gasteiger partial charge in [0.1, 0.15) is 5.82 Å². The largest absolute Gasteiger partial charge is 0.237 e. The van der Waals surface area contributed by atoms with Crippen LogP contribution in [0.2, 0.25) is 0 Å². The van der Waals surface area contributed by atoms with Crippen molar-refractivity contribution in [3.8, 4) is 0 Å². The standard InChI is InChI=1S/C10H11N3/c1-3-9-12-7(2)8-5-4-6-11-10(8)13-9/h4-6H,3H2,1-2H3. The summed E-state index contributed by atoms with van der Waals surface area (Å²) in [5.41, 5.74) is 1.81. The Bertz CT molecular complexity index is 437. The predicted octanol–water partition coefficient (Wildman–Crippen LogP) is 1.90. The van der Waals surface area contributed by atoms with Gasteiger partial charge in [-0.2, -0.15) is 0 Å². The monoisotopic (exact) mass is 173 g/mol. The predicted molar refractivity (Wildman–Crippen MR) is 51.4 cm³/mol. The fraction of sp³-hybridized carbons (Fsp3) is 0.300. The van der Waals surface area contributed by atoms with Gasteiger partial charge in [-0.25, -0.2) is 15.0 Å². The average molecular weight is 173 g/mol. The van der Waals surface area contributed by atoms with Crippen LogP contribution >= 0.6 is 0 Å². The highest BCUT2D eigenvalue weighted by atomic mass is 14.9. The Morgan fingerprint density at radius 2 is 2.15 bits per heavy atom. The van der Waals surface area contributed by atoms with Crippen molar-refractivity contribution in [2.24, 2.45) is 0 Å². The second kappa shape index (κ2) is 3.09. The Labute approximate surface area is 76.9 Å². The summed E-state index contributed by atoms with van der Waals surface area (Å²) >= 11 is 0. The maximum Gasteiger partial charge on any atom is 0.163 e. The van der Waals surface area contributed by atoms with Gasteiger partial charge in [-0.3, -0.25) is 0 Å². The lowest BCUT2D eigenvalue weighted by molar-refractivity contribution is 0.934. The molecule has 2 aromatic heterocycles. The number of aryl methyl sites for hydroxylation is 2. The third kappa shape index (κ3) is 1.37. The first-order chi connectivity index (χ1) is 6.31. The highest BCUT2D eigenvalue weighted by Crippen LogP contribution is 2.11. The molecule has 0 bridgehead atoms. The lowest BCUT2D eigenvalue weighted by Gasteiger charge is -2.01. The second-order valence-electron chi connectivity index (χ2n) is 2.95. The van der Waals surface area contributed by atoms with Crippen LogP contribution in [0.25, 0.3) is 11.0 Å². The molecule has 3 nitrogen and oxygen atoms in total. The second-order valence-corrected chi connectivity index (χ2v) is 2.95. The maximum absolute atomic E-state index is 4.37. The van der Waals surface area contributed by atoms with Crippen LogP contribution in [0.3, 0.4) is 0 Å². The van der Waals surface area contributed by atoms with Gasteiger partial charge >= 0.3 is 0 Å². The van der Waals surface area contributed by atoms with E-state index >= 15 is 0 Å². The van der Waals surface area contributed by atoms with Crippen LogP contribution < -0.4 is 0 Å². The maximum atomic E-state index is 4.37. The molecule has 2 heterocycles. The van der Waals surface area contributed by atoms with Crippen LogP contribution in [0.5, 0.6) is 0 Å². The molecule has 3 heteroatoms. The van der Waals surface area contributed by atoms with Gasteiger partial charge in [0.2, 0.25) is 0 Å². The van der Waals surface area contributed by atoms with Gasteiger partial charge in [0.05, 0.1) is 5.69 Å². The summed E-state index contributed by atoms with van der Waals surface area (Å²) < 4.78 is 0. The Morgan fingerprint density at radius 3 is 2.92 bits per heavy atom. The lowest BCUT2D eigenvalue weighted by Crippen LogP contribution is -1.97. The summed E-state index contributed by atoms with van der Waals surface area (Å²) in [6.45, 7) is 4.04. The minimum Gasteiger partial charge on any atom is -0.237 e. The van der Waals surface area contributed by atoms with E-state index in [0.717, 1.165) is 29.0 Å². The molecule has 0 atom stereocenters. The number of nitrogens with zero attached hydrogens (tertiary/aromatic N) is 3. The molecule has 0 saturated carbocycles. The molecule has 0 aromatic carbocycles. The van der Waals surface area contributed by atoms with Crippen LogP contribution in [-0.4, -0.2) is 15.0 Å². The highest BCUT2D eigenvalue weighted by molar-refractivity contribution is 5.76. The fourth-order valence-corrected chi connectivity index (χ4v) is 1.33. The first-order valence-corrected chi connectivity index (χ1v) is 4.39. The Balaban J connectivity index is 2.77. The zero-order valence-corrected chi connectivity index (χ0v) is 7.78. The van der Waals surface area contributed by atoms with Crippen molar-refractivity contribution in [3.63, 3.8) is 0 Å². The highest BCUT2D eigenvalue weighted by Gasteiger charge is 2.02. The molecule has 66 valence electrons. The Hall–Kier alpha value is -1.51. The molecule has 2 aromatic rings. The molecule has 0 spiro atoms. The number of fused-ring (bicyclic) bond motifs is 1. The van der Waals surface area contributed by atoms with Crippen LogP contribution in [0, 0.1) is 6.92 Å². The van der Waals surface area contributed by atoms with Crippen molar-refractivity contribution in [1.29, 1.82) is 0 Å². The first kappa shape index (κ1) is 8.10. The molecule has 0 amide bonds. The molecule has 0 N–H and O–H groups in total. The quantitative estimate of drug-likeness (QED) is 0.661. The first-order valence-electron chi connectivity index (χ1n) is 4.39. The molecule has 0 aliphatic rings. The summed E-state index contributed by atoms with van der Waals surface area (Å²) in [5.74, 6) is 0.865. The van der Waals surface area contributed by atoms with Crippen LogP contribution in [0.4, 0.5) is 0 Å². The molecule has 0 aliphatic heterocycles. The molecule has 13 heavy (non-hydrogen) atoms. The van der Waals surface area contributed by atoms with Crippen molar-refractivity contribution >= 4 is 11.0 Å². The number of aromatic nitrogens is 3. The van der Waals surface area contributed by atoms with Gasteiger partial charge in [0.15, 0.2) is 5.65 Å². The smallest absolute Gasteiger partial charge is 0.163 e. The van der Waals surface area contributed by atoms with Gasteiger partial charge in [-0.1, -0.05) is 6.92 Å². The van der Waals surface area contributed by atoms with Gasteiger partial charge < -0.3 is 0 Å². The average Bonchev–Trinajstić information content (AvgIpc) is 2.18. The lowest BCUT2D eigenvalue weighted by atomic mass is 10.2. The van der Waals surface area contributed by atoms with E-state index in [0.29, 0.717) is 0 Å². The molecule has 2 rings (SSSR count). The number of hydrogen-bond acceptors (Lipinski definition) is 3. The van der Waals surface area contributed by atoms with Crippen LogP contribution in [0.1, 0.15) is 18.4 Å². The van der Waals surface area contributed by atoms with Gasteiger partial charge in [-0.05, 0) is 19.1 Å². The van der Waals surface area contributed by atoms with E-state index in [1.54, 1.807) is 6.20 Å². The topological polar surface area (TPSA) is 38.7 Å². The summed E-state index contributed by atoms with van der Waals surface area (Å²) in [7, 11) is 0. The molecule has 0 saturated heterocycles. The molecule has 0 radical (unpaired) electrons. The number of hydrogen-bond donors (Lipinski definition) is 0. The molecule has 0 aliphatic carbocycles. The number of pyridine rings is 1. The SMILES string of the molecule is CCc1nc(C)c2cccnc2n1. The minimum atomic E-state index is 0.798. The third-order valence-corrected chi connectivity index (χ3v) is 2.02. The van der Waals surface area contributed by atoms with Gasteiger partial charge in [0, 0.05) is 18.0 Å². The Morgan fingerprint density at radius 1 is 1.31 bits per heavy atom. The zero-order chi connectivity index (χ0) is 9.26. The summed E-state index contributed by atoms with van der Waals surface area (Å²) in [4.78, 5) is 12.9. The van der Waals surface area contributed by atoms with Gasteiger partial charge in [-0.15, -0.1) is 0 Å². The van der Waals surface area contributed by atoms with Crippen molar-refractivity contribution < 1.29 is 0 Å². The van der Waals surface area contributed by atoms with Crippen molar-refractivity contribution in [1.82, 2.24) is 15.0 Å². The van der Waals surface area contributed by atoms with E-state index in [2.05, 4.69) is 15.0 Å². The number of rotatable bonds is 1.